The number of carbonyl (C=O) groups is 1. The first-order valence-corrected chi connectivity index (χ1v) is 10.4. The molecule has 0 aliphatic heterocycles. The minimum atomic E-state index is -1.86. The number of aldehydes is 1. The summed E-state index contributed by atoms with van der Waals surface area (Å²) < 4.78 is 0. The highest BCUT2D eigenvalue weighted by Crippen LogP contribution is 2.55. The molecule has 0 aliphatic carbocycles. The second kappa shape index (κ2) is 8.05. The number of carbonyl (C=O) groups excluding carboxylic acids is 1. The zero-order valence-corrected chi connectivity index (χ0v) is 15.3. The predicted octanol–water partition coefficient (Wildman–Crippen LogP) is 4.13. The van der Waals surface area contributed by atoms with Crippen molar-refractivity contribution in [3.05, 3.63) is 103 Å². The van der Waals surface area contributed by atoms with Gasteiger partial charge in [0.15, 0.2) is 0 Å². The average molecular weight is 345 g/mol. The van der Waals surface area contributed by atoms with Crippen molar-refractivity contribution < 1.29 is 4.79 Å². The Labute approximate surface area is 150 Å². The second-order valence-corrected chi connectivity index (χ2v) is 9.60. The predicted molar refractivity (Wildman–Crippen MR) is 110 cm³/mol. The van der Waals surface area contributed by atoms with Gasteiger partial charge in [-0.2, -0.15) is 0 Å². The molecule has 0 saturated heterocycles. The Hall–Kier alpha value is -2.50. The molecule has 0 unspecified atom stereocenters. The average Bonchev–Trinajstić information content (AvgIpc) is 2.71. The van der Waals surface area contributed by atoms with Crippen LogP contribution in [0.5, 0.6) is 0 Å². The fourth-order valence-electron chi connectivity index (χ4n) is 3.14. The molecule has 0 radical (unpaired) electrons. The van der Waals surface area contributed by atoms with Crippen molar-refractivity contribution in [1.82, 2.24) is 0 Å². The summed E-state index contributed by atoms with van der Waals surface area (Å²) in [6.45, 7) is 1.88. The summed E-state index contributed by atoms with van der Waals surface area (Å²) in [4.78, 5) is 11.2. The summed E-state index contributed by atoms with van der Waals surface area (Å²) >= 11 is 0. The highest BCUT2D eigenvalue weighted by atomic mass is 31.2. The molecule has 0 spiro atoms. The molecule has 0 N–H and O–H groups in total. The Morgan fingerprint density at radius 3 is 1.40 bits per heavy atom. The maximum Gasteiger partial charge on any atom is 0.145 e. The van der Waals surface area contributed by atoms with Crippen LogP contribution in [-0.4, -0.2) is 12.4 Å². The van der Waals surface area contributed by atoms with Gasteiger partial charge >= 0.3 is 0 Å². The molecule has 1 nitrogen and oxygen atoms in total. The molecular formula is C23H22OP+. The van der Waals surface area contributed by atoms with E-state index in [0.29, 0.717) is 0 Å². The van der Waals surface area contributed by atoms with E-state index < -0.39 is 7.26 Å². The summed E-state index contributed by atoms with van der Waals surface area (Å²) in [5.74, 6) is 0. The van der Waals surface area contributed by atoms with Gasteiger partial charge in [-0.1, -0.05) is 54.6 Å². The van der Waals surface area contributed by atoms with E-state index in [0.717, 1.165) is 18.0 Å². The van der Waals surface area contributed by atoms with E-state index in [1.54, 1.807) is 0 Å². The topological polar surface area (TPSA) is 17.1 Å². The lowest BCUT2D eigenvalue weighted by molar-refractivity contribution is -0.104. The first-order valence-electron chi connectivity index (χ1n) is 8.44. The lowest BCUT2D eigenvalue weighted by atomic mass is 10.3. The van der Waals surface area contributed by atoms with Crippen LogP contribution in [0.4, 0.5) is 0 Å². The normalized spacial score (nSPS) is 12.0. The van der Waals surface area contributed by atoms with Crippen molar-refractivity contribution in [1.29, 1.82) is 0 Å². The third kappa shape index (κ3) is 3.62. The minimum Gasteiger partial charge on any atom is -0.298 e. The van der Waals surface area contributed by atoms with Gasteiger partial charge < -0.3 is 0 Å². The van der Waals surface area contributed by atoms with Gasteiger partial charge in [-0.25, -0.2) is 0 Å². The molecule has 25 heavy (non-hydrogen) atoms. The molecule has 3 rings (SSSR count). The van der Waals surface area contributed by atoms with Crippen LogP contribution in [0.3, 0.4) is 0 Å². The van der Waals surface area contributed by atoms with E-state index in [1.165, 1.54) is 15.9 Å². The molecule has 0 aromatic heterocycles. The first-order chi connectivity index (χ1) is 12.3. The van der Waals surface area contributed by atoms with E-state index in [4.69, 9.17) is 0 Å². The summed E-state index contributed by atoms with van der Waals surface area (Å²) in [5, 5.41) is 4.01. The molecule has 0 fully saturated rings. The number of hydrogen-bond acceptors (Lipinski definition) is 1. The van der Waals surface area contributed by atoms with Gasteiger partial charge in [-0.3, -0.25) is 4.79 Å². The van der Waals surface area contributed by atoms with E-state index in [9.17, 15) is 4.79 Å². The molecular weight excluding hydrogens is 323 g/mol. The van der Waals surface area contributed by atoms with Gasteiger partial charge in [0.05, 0.1) is 6.16 Å². The van der Waals surface area contributed by atoms with Crippen LogP contribution >= 0.6 is 7.26 Å². The number of benzene rings is 3. The largest absolute Gasteiger partial charge is 0.298 e. The number of allylic oxidation sites excluding steroid dienone is 2. The molecule has 0 bridgehead atoms. The summed E-state index contributed by atoms with van der Waals surface area (Å²) in [6, 6.07) is 32.1. The van der Waals surface area contributed by atoms with Gasteiger partial charge in [-0.05, 0) is 55.0 Å². The van der Waals surface area contributed by atoms with Crippen LogP contribution in [0.25, 0.3) is 0 Å². The van der Waals surface area contributed by atoms with Gasteiger partial charge in [-0.15, -0.1) is 0 Å². The fraction of sp³-hybridized carbons (Fsp3) is 0.0870. The third-order valence-corrected chi connectivity index (χ3v) is 8.73. The van der Waals surface area contributed by atoms with E-state index in [2.05, 4.69) is 97.1 Å². The summed E-state index contributed by atoms with van der Waals surface area (Å²) in [7, 11) is -1.86. The summed E-state index contributed by atoms with van der Waals surface area (Å²) in [6.07, 6.45) is 3.87. The zero-order valence-electron chi connectivity index (χ0n) is 14.4. The van der Waals surface area contributed by atoms with Crippen molar-refractivity contribution in [3.8, 4) is 0 Å². The molecule has 2 heteroatoms. The Morgan fingerprint density at radius 1 is 0.720 bits per heavy atom. The lowest BCUT2D eigenvalue weighted by Gasteiger charge is -2.26. The third-order valence-electron chi connectivity index (χ3n) is 4.46. The molecule has 3 aromatic rings. The van der Waals surface area contributed by atoms with Crippen molar-refractivity contribution in [2.75, 3.05) is 6.16 Å². The van der Waals surface area contributed by atoms with Crippen LogP contribution in [0, 0.1) is 0 Å². The molecule has 0 atom stereocenters. The van der Waals surface area contributed by atoms with Crippen LogP contribution in [0.15, 0.2) is 103 Å². The molecule has 3 aromatic carbocycles. The van der Waals surface area contributed by atoms with Crippen molar-refractivity contribution in [2.24, 2.45) is 0 Å². The number of rotatable bonds is 6. The highest BCUT2D eigenvalue weighted by Gasteiger charge is 2.44. The van der Waals surface area contributed by atoms with Crippen LogP contribution < -0.4 is 15.9 Å². The molecule has 0 amide bonds. The van der Waals surface area contributed by atoms with E-state index in [-0.39, 0.29) is 0 Å². The molecule has 0 heterocycles. The Bertz CT molecular complexity index is 742. The second-order valence-electron chi connectivity index (χ2n) is 6.06. The maximum absolute atomic E-state index is 11.2. The Balaban J connectivity index is 2.29. The van der Waals surface area contributed by atoms with Crippen LogP contribution in [0.2, 0.25) is 0 Å². The van der Waals surface area contributed by atoms with Crippen LogP contribution in [0.1, 0.15) is 6.92 Å². The van der Waals surface area contributed by atoms with Gasteiger partial charge in [0.25, 0.3) is 0 Å². The van der Waals surface area contributed by atoms with Crippen molar-refractivity contribution in [2.45, 2.75) is 6.92 Å². The van der Waals surface area contributed by atoms with E-state index >= 15 is 0 Å². The quantitative estimate of drug-likeness (QED) is 0.373. The Kier molecular flexibility index (Phi) is 5.58. The first kappa shape index (κ1) is 17.3. The highest BCUT2D eigenvalue weighted by molar-refractivity contribution is 7.95. The maximum atomic E-state index is 11.2. The van der Waals surface area contributed by atoms with Crippen molar-refractivity contribution >= 4 is 29.5 Å². The standard InChI is InChI=1S/C23H22OP/c1-20(19-24)17-18-25(21-11-5-2-6-12-21,22-13-7-3-8-14-22)23-15-9-4-10-16-23/h2-17,19H,18H2,1H3/q+1/b20-17-. The van der Waals surface area contributed by atoms with Gasteiger partial charge in [0.2, 0.25) is 0 Å². The minimum absolute atomic E-state index is 0.784. The smallest absolute Gasteiger partial charge is 0.145 e. The van der Waals surface area contributed by atoms with Gasteiger partial charge in [0, 0.05) is 0 Å². The van der Waals surface area contributed by atoms with Crippen molar-refractivity contribution in [3.63, 3.8) is 0 Å². The van der Waals surface area contributed by atoms with Crippen LogP contribution in [-0.2, 0) is 4.79 Å². The Morgan fingerprint density at radius 2 is 1.08 bits per heavy atom. The monoisotopic (exact) mass is 345 g/mol. The molecule has 0 aliphatic rings. The molecule has 124 valence electrons. The molecule has 0 saturated carbocycles. The number of hydrogen-bond donors (Lipinski definition) is 0. The van der Waals surface area contributed by atoms with E-state index in [1.807, 2.05) is 6.92 Å². The zero-order chi connectivity index (χ0) is 17.5. The fourth-order valence-corrected chi connectivity index (χ4v) is 7.27. The lowest BCUT2D eigenvalue weighted by Crippen LogP contribution is -2.33. The SMILES string of the molecule is C/C(C=O)=C/C[P+](c1ccccc1)(c1ccccc1)c1ccccc1. The summed E-state index contributed by atoms with van der Waals surface area (Å²) in [5.41, 5.74) is 0.784. The van der Waals surface area contributed by atoms with Gasteiger partial charge in [0.1, 0.15) is 29.5 Å².